The van der Waals surface area contributed by atoms with Crippen LogP contribution in [0.2, 0.25) is 0 Å². The van der Waals surface area contributed by atoms with Gasteiger partial charge in [-0.3, -0.25) is 4.79 Å². The maximum atomic E-state index is 12.6. The first kappa shape index (κ1) is 14.8. The van der Waals surface area contributed by atoms with Crippen LogP contribution in [0.1, 0.15) is 17.2 Å². The molecule has 0 saturated carbocycles. The third-order valence-electron chi connectivity index (χ3n) is 3.07. The molecule has 0 radical (unpaired) electrons. The molecule has 2 rings (SSSR count). The molecule has 1 unspecified atom stereocenters. The van der Waals surface area contributed by atoms with Crippen LogP contribution in [0.4, 0.5) is 13.2 Å². The van der Waals surface area contributed by atoms with E-state index in [2.05, 4.69) is 0 Å². The molecule has 1 heterocycles. The van der Waals surface area contributed by atoms with E-state index in [0.29, 0.717) is 5.56 Å². The maximum absolute atomic E-state index is 12.6. The number of carboxylic acids is 1. The first-order valence-corrected chi connectivity index (χ1v) is 6.99. The van der Waals surface area contributed by atoms with E-state index in [4.69, 9.17) is 5.11 Å². The Bertz CT molecular complexity index is 641. The van der Waals surface area contributed by atoms with E-state index in [1.807, 2.05) is 0 Å². The number of fused-ring (bicyclic) bond motifs is 1. The van der Waals surface area contributed by atoms with Crippen molar-refractivity contribution in [2.24, 2.45) is 0 Å². The van der Waals surface area contributed by atoms with E-state index in [0.717, 1.165) is 0 Å². The van der Waals surface area contributed by atoms with Gasteiger partial charge in [-0.05, 0) is 17.5 Å². The number of alkyl halides is 3. The van der Waals surface area contributed by atoms with Crippen LogP contribution in [0.25, 0.3) is 0 Å². The zero-order chi connectivity index (χ0) is 15.1. The van der Waals surface area contributed by atoms with E-state index in [-0.39, 0.29) is 16.3 Å². The summed E-state index contributed by atoms with van der Waals surface area (Å²) < 4.78 is 60.8. The highest BCUT2D eigenvalue weighted by Crippen LogP contribution is 2.37. The lowest BCUT2D eigenvalue weighted by Crippen LogP contribution is -2.48. The lowest BCUT2D eigenvalue weighted by atomic mass is 9.94. The molecule has 1 aliphatic rings. The standard InChI is InChI=1S/C11H10F3NO4S/c12-11(13,14)20(18,19)15-6-5-7-3-1-2-4-8(7)9(15)10(16)17/h1-4,9H,5-6H2,(H,16,17). The maximum Gasteiger partial charge on any atom is 0.511 e. The normalized spacial score (nSPS) is 20.4. The fourth-order valence-corrected chi connectivity index (χ4v) is 3.27. The van der Waals surface area contributed by atoms with Crippen molar-refractivity contribution in [1.29, 1.82) is 0 Å². The fourth-order valence-electron chi connectivity index (χ4n) is 2.19. The predicted molar refractivity (Wildman–Crippen MR) is 62.2 cm³/mol. The number of carboxylic acid groups (broad SMARTS) is 1. The number of carbonyl (C=O) groups is 1. The average molecular weight is 309 g/mol. The Labute approximate surface area is 112 Å². The minimum absolute atomic E-state index is 0.00231. The molecule has 0 bridgehead atoms. The first-order chi connectivity index (χ1) is 9.16. The summed E-state index contributed by atoms with van der Waals surface area (Å²) in [6, 6.07) is 4.12. The predicted octanol–water partition coefficient (Wildman–Crippen LogP) is 1.52. The highest BCUT2D eigenvalue weighted by molar-refractivity contribution is 7.90. The molecule has 1 N–H and O–H groups in total. The zero-order valence-corrected chi connectivity index (χ0v) is 10.8. The summed E-state index contributed by atoms with van der Waals surface area (Å²) in [6.45, 7) is -0.518. The summed E-state index contributed by atoms with van der Waals surface area (Å²) in [5.74, 6) is -1.63. The Morgan fingerprint density at radius 3 is 2.45 bits per heavy atom. The largest absolute Gasteiger partial charge is 0.511 e. The van der Waals surface area contributed by atoms with Gasteiger partial charge in [0, 0.05) is 6.54 Å². The quantitative estimate of drug-likeness (QED) is 0.899. The molecule has 110 valence electrons. The lowest BCUT2D eigenvalue weighted by molar-refractivity contribution is -0.142. The molecule has 1 aromatic carbocycles. The molecule has 0 aromatic heterocycles. The van der Waals surface area contributed by atoms with Gasteiger partial charge in [-0.25, -0.2) is 8.42 Å². The van der Waals surface area contributed by atoms with E-state index in [1.165, 1.54) is 12.1 Å². The van der Waals surface area contributed by atoms with Crippen molar-refractivity contribution in [3.63, 3.8) is 0 Å². The van der Waals surface area contributed by atoms with Crippen molar-refractivity contribution in [1.82, 2.24) is 4.31 Å². The van der Waals surface area contributed by atoms with Gasteiger partial charge in [0.2, 0.25) is 0 Å². The van der Waals surface area contributed by atoms with Crippen LogP contribution >= 0.6 is 0 Å². The number of hydrogen-bond acceptors (Lipinski definition) is 3. The number of halogens is 3. The molecule has 0 saturated heterocycles. The second kappa shape index (κ2) is 4.74. The van der Waals surface area contributed by atoms with Gasteiger partial charge in [0.15, 0.2) is 0 Å². The van der Waals surface area contributed by atoms with E-state index >= 15 is 0 Å². The number of aliphatic carboxylic acids is 1. The molecule has 1 atom stereocenters. The van der Waals surface area contributed by atoms with Gasteiger partial charge < -0.3 is 5.11 Å². The van der Waals surface area contributed by atoms with Gasteiger partial charge in [-0.2, -0.15) is 17.5 Å². The van der Waals surface area contributed by atoms with Crippen LogP contribution in [0.5, 0.6) is 0 Å². The second-order valence-electron chi connectivity index (χ2n) is 4.25. The van der Waals surface area contributed by atoms with Crippen LogP contribution in [-0.2, 0) is 21.2 Å². The van der Waals surface area contributed by atoms with Crippen molar-refractivity contribution >= 4 is 16.0 Å². The van der Waals surface area contributed by atoms with Crippen LogP contribution in [0, 0.1) is 0 Å². The zero-order valence-electron chi connectivity index (χ0n) is 9.96. The van der Waals surface area contributed by atoms with Crippen molar-refractivity contribution in [3.8, 4) is 0 Å². The molecular weight excluding hydrogens is 299 g/mol. The Hall–Kier alpha value is -1.61. The van der Waals surface area contributed by atoms with Crippen molar-refractivity contribution in [2.75, 3.05) is 6.54 Å². The summed E-state index contributed by atoms with van der Waals surface area (Å²) >= 11 is 0. The van der Waals surface area contributed by atoms with E-state index in [9.17, 15) is 26.4 Å². The number of sulfonamides is 1. The minimum Gasteiger partial charge on any atom is -0.480 e. The highest BCUT2D eigenvalue weighted by Gasteiger charge is 2.54. The fraction of sp³-hybridized carbons (Fsp3) is 0.364. The molecular formula is C11H10F3NO4S. The second-order valence-corrected chi connectivity index (χ2v) is 6.13. The molecule has 5 nitrogen and oxygen atoms in total. The van der Waals surface area contributed by atoms with Gasteiger partial charge in [0.25, 0.3) is 0 Å². The Kier molecular flexibility index (Phi) is 3.51. The Morgan fingerprint density at radius 2 is 1.90 bits per heavy atom. The third kappa shape index (κ3) is 2.27. The summed E-state index contributed by atoms with van der Waals surface area (Å²) in [4.78, 5) is 11.2. The van der Waals surface area contributed by atoms with Gasteiger partial charge >= 0.3 is 21.5 Å². The first-order valence-electron chi connectivity index (χ1n) is 5.55. The minimum atomic E-state index is -5.68. The summed E-state index contributed by atoms with van der Waals surface area (Å²) in [7, 11) is -5.68. The molecule has 0 aliphatic carbocycles. The third-order valence-corrected chi connectivity index (χ3v) is 4.67. The van der Waals surface area contributed by atoms with Gasteiger partial charge in [-0.1, -0.05) is 24.3 Å². The van der Waals surface area contributed by atoms with Crippen LogP contribution in [-0.4, -0.2) is 35.9 Å². The smallest absolute Gasteiger partial charge is 0.480 e. The molecule has 0 spiro atoms. The molecule has 1 aliphatic heterocycles. The van der Waals surface area contributed by atoms with Crippen LogP contribution in [0.3, 0.4) is 0 Å². The topological polar surface area (TPSA) is 74.7 Å². The van der Waals surface area contributed by atoms with E-state index in [1.54, 1.807) is 12.1 Å². The van der Waals surface area contributed by atoms with Crippen LogP contribution < -0.4 is 0 Å². The van der Waals surface area contributed by atoms with Gasteiger partial charge in [0.1, 0.15) is 6.04 Å². The monoisotopic (exact) mass is 309 g/mol. The highest BCUT2D eigenvalue weighted by atomic mass is 32.2. The number of rotatable bonds is 2. The Balaban J connectivity index is 2.56. The van der Waals surface area contributed by atoms with Crippen molar-refractivity contribution in [3.05, 3.63) is 35.4 Å². The van der Waals surface area contributed by atoms with Crippen molar-refractivity contribution in [2.45, 2.75) is 18.0 Å². The molecule has 20 heavy (non-hydrogen) atoms. The molecule has 9 heteroatoms. The average Bonchev–Trinajstić information content (AvgIpc) is 2.35. The Morgan fingerprint density at radius 1 is 1.30 bits per heavy atom. The number of hydrogen-bond donors (Lipinski definition) is 1. The number of benzene rings is 1. The van der Waals surface area contributed by atoms with Crippen LogP contribution in [0.15, 0.2) is 24.3 Å². The lowest BCUT2D eigenvalue weighted by Gasteiger charge is -2.33. The number of nitrogens with zero attached hydrogens (tertiary/aromatic N) is 1. The molecule has 0 fully saturated rings. The molecule has 1 aromatic rings. The van der Waals surface area contributed by atoms with Gasteiger partial charge in [0.05, 0.1) is 0 Å². The van der Waals surface area contributed by atoms with Crippen molar-refractivity contribution < 1.29 is 31.5 Å². The summed E-state index contributed by atoms with van der Waals surface area (Å²) in [5, 5.41) is 9.11. The summed E-state index contributed by atoms with van der Waals surface area (Å²) in [5.41, 5.74) is -4.92. The molecule has 0 amide bonds. The van der Waals surface area contributed by atoms with E-state index < -0.39 is 34.1 Å². The SMILES string of the molecule is O=C(O)C1c2ccccc2CCN1S(=O)(=O)C(F)(F)F. The summed E-state index contributed by atoms with van der Waals surface area (Å²) in [6.07, 6.45) is 0.0370. The van der Waals surface area contributed by atoms with Gasteiger partial charge in [-0.15, -0.1) is 0 Å².